The van der Waals surface area contributed by atoms with Crippen LogP contribution < -0.4 is 5.32 Å². The Morgan fingerprint density at radius 2 is 1.80 bits per heavy atom. The van der Waals surface area contributed by atoms with Crippen LogP contribution in [0.3, 0.4) is 0 Å². The van der Waals surface area contributed by atoms with Crippen molar-refractivity contribution in [3.63, 3.8) is 0 Å². The average Bonchev–Trinajstić information content (AvgIpc) is 3.01. The molecule has 4 heteroatoms. The zero-order valence-electron chi connectivity index (χ0n) is 14.9. The number of thioether (sulfide) groups is 1. The van der Waals surface area contributed by atoms with E-state index in [0.29, 0.717) is 12.1 Å². The Kier molecular flexibility index (Phi) is 5.19. The molecule has 0 unspecified atom stereocenters. The molecule has 3 rings (SSSR count). The number of amides is 1. The van der Waals surface area contributed by atoms with Crippen molar-refractivity contribution in [2.45, 2.75) is 31.1 Å². The normalized spacial score (nSPS) is 11.6. The first-order valence-electron chi connectivity index (χ1n) is 8.53. The van der Waals surface area contributed by atoms with Crippen molar-refractivity contribution in [2.24, 2.45) is 0 Å². The van der Waals surface area contributed by atoms with E-state index in [0.717, 1.165) is 11.3 Å². The molecule has 0 atom stereocenters. The fraction of sp³-hybridized carbons (Fsp3) is 0.286. The lowest BCUT2D eigenvalue weighted by Crippen LogP contribution is -2.25. The molecule has 3 aromatic rings. The third kappa shape index (κ3) is 4.26. The monoisotopic (exact) mass is 352 g/mol. The molecule has 2 aromatic carbocycles. The first-order valence-corrected chi connectivity index (χ1v) is 9.51. The van der Waals surface area contributed by atoms with E-state index >= 15 is 0 Å². The summed E-state index contributed by atoms with van der Waals surface area (Å²) >= 11 is 1.75. The number of H-pyrrole nitrogens is 1. The number of carbonyl (C=O) groups excluding carboxylic acids is 1. The predicted molar refractivity (Wildman–Crippen MR) is 106 cm³/mol. The number of para-hydroxylation sites is 1. The summed E-state index contributed by atoms with van der Waals surface area (Å²) in [4.78, 5) is 16.7. The Bertz CT molecular complexity index is 859. The molecule has 25 heavy (non-hydrogen) atoms. The van der Waals surface area contributed by atoms with Crippen molar-refractivity contribution in [2.75, 3.05) is 12.3 Å². The minimum absolute atomic E-state index is 0.0139. The van der Waals surface area contributed by atoms with Crippen molar-refractivity contribution in [1.82, 2.24) is 10.3 Å². The molecular formula is C21H24N2OS. The fourth-order valence-corrected chi connectivity index (χ4v) is 3.61. The Balaban J connectivity index is 1.51. The van der Waals surface area contributed by atoms with E-state index in [4.69, 9.17) is 0 Å². The third-order valence-electron chi connectivity index (χ3n) is 4.21. The fourth-order valence-electron chi connectivity index (χ4n) is 2.71. The highest BCUT2D eigenvalue weighted by atomic mass is 32.2. The van der Waals surface area contributed by atoms with E-state index in [2.05, 4.69) is 43.2 Å². The quantitative estimate of drug-likeness (QED) is 0.502. The number of hydrogen-bond acceptors (Lipinski definition) is 2. The number of aromatic amines is 1. The smallest absolute Gasteiger partial charge is 0.251 e. The number of fused-ring (bicyclic) bond motifs is 1. The largest absolute Gasteiger partial charge is 0.360 e. The van der Waals surface area contributed by atoms with Gasteiger partial charge in [-0.25, -0.2) is 0 Å². The highest BCUT2D eigenvalue weighted by molar-refractivity contribution is 7.99. The van der Waals surface area contributed by atoms with E-state index < -0.39 is 0 Å². The van der Waals surface area contributed by atoms with Crippen molar-refractivity contribution in [3.8, 4) is 0 Å². The lowest BCUT2D eigenvalue weighted by atomic mass is 9.87. The molecular weight excluding hydrogens is 328 g/mol. The number of hydrogen-bond donors (Lipinski definition) is 2. The highest BCUT2D eigenvalue weighted by Crippen LogP contribution is 2.27. The van der Waals surface area contributed by atoms with Gasteiger partial charge in [0.1, 0.15) is 0 Å². The number of benzene rings is 2. The second-order valence-electron chi connectivity index (χ2n) is 7.13. The SMILES string of the molecule is CC(C)(C)c1ccc(C(=O)NCCSc2c[nH]c3ccccc23)cc1. The van der Waals surface area contributed by atoms with Crippen molar-refractivity contribution in [3.05, 3.63) is 65.9 Å². The van der Waals surface area contributed by atoms with Crippen LogP contribution in [0.4, 0.5) is 0 Å². The summed E-state index contributed by atoms with van der Waals surface area (Å²) in [7, 11) is 0. The minimum Gasteiger partial charge on any atom is -0.360 e. The van der Waals surface area contributed by atoms with Gasteiger partial charge in [-0.05, 0) is 29.2 Å². The van der Waals surface area contributed by atoms with Gasteiger partial charge in [-0.1, -0.05) is 51.1 Å². The Hall–Kier alpha value is -2.20. The molecule has 0 saturated heterocycles. The molecule has 0 radical (unpaired) electrons. The van der Waals surface area contributed by atoms with Gasteiger partial charge < -0.3 is 10.3 Å². The molecule has 0 aliphatic carbocycles. The van der Waals surface area contributed by atoms with Crippen LogP contribution >= 0.6 is 11.8 Å². The van der Waals surface area contributed by atoms with E-state index in [9.17, 15) is 4.79 Å². The Labute approximate surface area is 153 Å². The van der Waals surface area contributed by atoms with Gasteiger partial charge in [0, 0.05) is 39.9 Å². The number of carbonyl (C=O) groups is 1. The van der Waals surface area contributed by atoms with Gasteiger partial charge in [0.2, 0.25) is 0 Å². The van der Waals surface area contributed by atoms with Gasteiger partial charge in [0.15, 0.2) is 0 Å². The Morgan fingerprint density at radius 3 is 2.52 bits per heavy atom. The lowest BCUT2D eigenvalue weighted by molar-refractivity contribution is 0.0956. The molecule has 1 heterocycles. The van der Waals surface area contributed by atoms with Gasteiger partial charge in [-0.15, -0.1) is 11.8 Å². The zero-order chi connectivity index (χ0) is 17.9. The van der Waals surface area contributed by atoms with Crippen molar-refractivity contribution < 1.29 is 4.79 Å². The summed E-state index contributed by atoms with van der Waals surface area (Å²) in [5.74, 6) is 0.827. The van der Waals surface area contributed by atoms with Crippen LogP contribution in [0.1, 0.15) is 36.7 Å². The highest BCUT2D eigenvalue weighted by Gasteiger charge is 2.14. The molecule has 0 spiro atoms. The van der Waals surface area contributed by atoms with Gasteiger partial charge in [0.25, 0.3) is 5.91 Å². The van der Waals surface area contributed by atoms with Crippen molar-refractivity contribution >= 4 is 28.6 Å². The summed E-state index contributed by atoms with van der Waals surface area (Å²) < 4.78 is 0. The predicted octanol–water partition coefficient (Wildman–Crippen LogP) is 4.99. The van der Waals surface area contributed by atoms with Crippen molar-refractivity contribution in [1.29, 1.82) is 0 Å². The molecule has 0 fully saturated rings. The van der Waals surface area contributed by atoms with Crippen LogP contribution in [-0.4, -0.2) is 23.2 Å². The molecule has 1 aromatic heterocycles. The molecule has 0 aliphatic rings. The van der Waals surface area contributed by atoms with E-state index in [-0.39, 0.29) is 11.3 Å². The molecule has 0 bridgehead atoms. The zero-order valence-corrected chi connectivity index (χ0v) is 15.7. The van der Waals surface area contributed by atoms with Crippen LogP contribution in [0.2, 0.25) is 0 Å². The van der Waals surface area contributed by atoms with E-state index in [1.807, 2.05) is 42.6 Å². The van der Waals surface area contributed by atoms with Crippen LogP contribution in [-0.2, 0) is 5.41 Å². The first kappa shape index (κ1) is 17.6. The van der Waals surface area contributed by atoms with Gasteiger partial charge in [-0.2, -0.15) is 0 Å². The van der Waals surface area contributed by atoms with Crippen LogP contribution in [0.15, 0.2) is 59.6 Å². The summed E-state index contributed by atoms with van der Waals surface area (Å²) in [5.41, 5.74) is 3.20. The molecule has 1 amide bonds. The maximum Gasteiger partial charge on any atom is 0.251 e. The van der Waals surface area contributed by atoms with Gasteiger partial charge >= 0.3 is 0 Å². The standard InChI is InChI=1S/C21H24N2OS/c1-21(2,3)16-10-8-15(9-11-16)20(24)22-12-13-25-19-14-23-18-7-5-4-6-17(18)19/h4-11,14,23H,12-13H2,1-3H3,(H,22,24). The average molecular weight is 353 g/mol. The Morgan fingerprint density at radius 1 is 1.08 bits per heavy atom. The van der Waals surface area contributed by atoms with Gasteiger partial charge in [0.05, 0.1) is 0 Å². The summed E-state index contributed by atoms with van der Waals surface area (Å²) in [6, 6.07) is 16.1. The van der Waals surface area contributed by atoms with Crippen LogP contribution in [0.5, 0.6) is 0 Å². The third-order valence-corrected chi connectivity index (χ3v) is 5.27. The lowest BCUT2D eigenvalue weighted by Gasteiger charge is -2.19. The van der Waals surface area contributed by atoms with Crippen LogP contribution in [0.25, 0.3) is 10.9 Å². The molecule has 3 nitrogen and oxygen atoms in total. The van der Waals surface area contributed by atoms with Crippen LogP contribution in [0, 0.1) is 0 Å². The summed E-state index contributed by atoms with van der Waals surface area (Å²) in [6.45, 7) is 7.15. The maximum absolute atomic E-state index is 12.3. The molecule has 2 N–H and O–H groups in total. The minimum atomic E-state index is -0.0139. The van der Waals surface area contributed by atoms with Gasteiger partial charge in [-0.3, -0.25) is 4.79 Å². The van der Waals surface area contributed by atoms with E-state index in [1.54, 1.807) is 11.8 Å². The summed E-state index contributed by atoms with van der Waals surface area (Å²) in [6.07, 6.45) is 2.03. The number of rotatable bonds is 5. The molecule has 0 saturated carbocycles. The number of aromatic nitrogens is 1. The second kappa shape index (κ2) is 7.36. The topological polar surface area (TPSA) is 44.9 Å². The summed E-state index contributed by atoms with van der Waals surface area (Å²) in [5, 5.41) is 4.23. The second-order valence-corrected chi connectivity index (χ2v) is 8.27. The maximum atomic E-state index is 12.3. The first-order chi connectivity index (χ1) is 11.9. The molecule has 0 aliphatic heterocycles. The molecule has 130 valence electrons. The number of nitrogens with one attached hydrogen (secondary N) is 2. The van der Waals surface area contributed by atoms with E-state index in [1.165, 1.54) is 15.8 Å².